The molecule has 0 unspecified atom stereocenters. The molecule has 0 saturated heterocycles. The highest BCUT2D eigenvalue weighted by molar-refractivity contribution is 4.54. The fourth-order valence-corrected chi connectivity index (χ4v) is 0.866. The third kappa shape index (κ3) is 4.22. The largest absolute Gasteiger partial charge is 0.724 e. The molecule has 0 aromatic rings. The molecule has 2 N–H and O–H groups in total. The summed E-state index contributed by atoms with van der Waals surface area (Å²) in [4.78, 5) is 9.87. The van der Waals surface area contributed by atoms with Crippen molar-refractivity contribution in [3.05, 3.63) is 10.1 Å². The van der Waals surface area contributed by atoms with E-state index in [1.165, 1.54) is 5.01 Å². The van der Waals surface area contributed by atoms with Crippen LogP contribution in [0, 0.1) is 10.1 Å². The maximum atomic E-state index is 10.7. The highest BCUT2D eigenvalue weighted by Crippen LogP contribution is 1.99. The Kier molecular flexibility index (Phi) is 6.54. The highest BCUT2D eigenvalue weighted by Gasteiger charge is 2.03. The van der Waals surface area contributed by atoms with Gasteiger partial charge in [0.1, 0.15) is 0 Å². The minimum atomic E-state index is 0.0825. The van der Waals surface area contributed by atoms with Crippen molar-refractivity contribution in [3.8, 4) is 0 Å². The maximum absolute atomic E-state index is 10.7. The molecule has 0 aromatic heterocycles. The fraction of sp³-hybridized carbons (Fsp3) is 1.00. The summed E-state index contributed by atoms with van der Waals surface area (Å²) in [5.41, 5.74) is 5.26. The Balaban J connectivity index is 3.75. The first-order chi connectivity index (χ1) is 5.76. The molecule has 0 saturated carbocycles. The van der Waals surface area contributed by atoms with E-state index < -0.39 is 0 Å². The molecule has 0 bridgehead atoms. The number of rotatable bonds is 7. The molecule has 0 fully saturated rings. The average Bonchev–Trinajstić information content (AvgIpc) is 2.11. The molecule has 6 heteroatoms. The zero-order valence-electron chi connectivity index (χ0n) is 7.27. The summed E-state index contributed by atoms with van der Waals surface area (Å²) >= 11 is 0. The number of hydrogen-bond donors (Lipinski definition) is 1. The Hall–Kier alpha value is -0.720. The molecule has 0 aliphatic rings. The van der Waals surface area contributed by atoms with Gasteiger partial charge in [-0.3, -0.25) is 5.28 Å². The summed E-state index contributed by atoms with van der Waals surface area (Å²) in [6.45, 7) is 3.45. The Bertz CT molecular complexity index is 122. The summed E-state index contributed by atoms with van der Waals surface area (Å²) in [5.74, 6) is 0. The lowest BCUT2D eigenvalue weighted by atomic mass is 10.4. The first-order valence-electron chi connectivity index (χ1n) is 4.01. The SMILES string of the molecule is CCCN(CCCN)N([O-])N=O. The van der Waals surface area contributed by atoms with E-state index in [0.29, 0.717) is 26.1 Å². The molecule has 72 valence electrons. The average molecular weight is 175 g/mol. The van der Waals surface area contributed by atoms with Crippen molar-refractivity contribution in [2.45, 2.75) is 19.8 Å². The monoisotopic (exact) mass is 175 g/mol. The third-order valence-electron chi connectivity index (χ3n) is 1.41. The molecule has 0 aromatic carbocycles. The van der Waals surface area contributed by atoms with Gasteiger partial charge in [0.05, 0.1) is 5.29 Å². The second-order valence-corrected chi connectivity index (χ2v) is 2.43. The number of hydrogen-bond acceptors (Lipinski definition) is 5. The smallest absolute Gasteiger partial charge is 0.0579 e. The van der Waals surface area contributed by atoms with Crippen LogP contribution in [-0.4, -0.2) is 29.9 Å². The van der Waals surface area contributed by atoms with Crippen molar-refractivity contribution in [2.24, 2.45) is 11.0 Å². The lowest BCUT2D eigenvalue weighted by Crippen LogP contribution is -2.36. The molecule has 0 atom stereocenters. The van der Waals surface area contributed by atoms with E-state index in [4.69, 9.17) is 5.73 Å². The van der Waals surface area contributed by atoms with Gasteiger partial charge in [-0.15, -0.1) is 4.91 Å². The van der Waals surface area contributed by atoms with Crippen LogP contribution >= 0.6 is 0 Å². The Morgan fingerprint density at radius 2 is 2.17 bits per heavy atom. The van der Waals surface area contributed by atoms with Gasteiger partial charge < -0.3 is 10.9 Å². The van der Waals surface area contributed by atoms with Crippen LogP contribution in [0.1, 0.15) is 19.8 Å². The topological polar surface area (TPSA) is 85.0 Å². The molecule has 0 rings (SSSR count). The molecule has 0 aliphatic heterocycles. The minimum Gasteiger partial charge on any atom is -0.724 e. The van der Waals surface area contributed by atoms with Crippen LogP contribution in [0.3, 0.4) is 0 Å². The van der Waals surface area contributed by atoms with Gasteiger partial charge in [0.25, 0.3) is 0 Å². The zero-order valence-corrected chi connectivity index (χ0v) is 7.27. The first-order valence-corrected chi connectivity index (χ1v) is 4.01. The van der Waals surface area contributed by atoms with Gasteiger partial charge in [-0.25, -0.2) is 5.01 Å². The fourth-order valence-electron chi connectivity index (χ4n) is 0.866. The van der Waals surface area contributed by atoms with Crippen LogP contribution in [0.5, 0.6) is 0 Å². The molecule has 0 spiro atoms. The summed E-state index contributed by atoms with van der Waals surface area (Å²) in [6, 6.07) is 0. The van der Waals surface area contributed by atoms with Gasteiger partial charge in [-0.2, -0.15) is 0 Å². The molecular formula is C6H15N4O2-. The number of hydrazine groups is 1. The Morgan fingerprint density at radius 1 is 1.50 bits per heavy atom. The summed E-state index contributed by atoms with van der Waals surface area (Å²) in [5, 5.41) is 14.4. The van der Waals surface area contributed by atoms with Gasteiger partial charge in [0.15, 0.2) is 0 Å². The van der Waals surface area contributed by atoms with E-state index >= 15 is 0 Å². The minimum absolute atomic E-state index is 0.0825. The van der Waals surface area contributed by atoms with E-state index in [2.05, 4.69) is 5.29 Å². The van der Waals surface area contributed by atoms with E-state index in [1.807, 2.05) is 6.92 Å². The predicted molar refractivity (Wildman–Crippen MR) is 46.5 cm³/mol. The number of nitrogens with zero attached hydrogens (tertiary/aromatic N) is 3. The Morgan fingerprint density at radius 3 is 2.58 bits per heavy atom. The molecule has 0 heterocycles. The second-order valence-electron chi connectivity index (χ2n) is 2.43. The van der Waals surface area contributed by atoms with Gasteiger partial charge in [-0.1, -0.05) is 6.92 Å². The quantitative estimate of drug-likeness (QED) is 0.448. The summed E-state index contributed by atoms with van der Waals surface area (Å²) < 4.78 is 0. The van der Waals surface area contributed by atoms with Crippen molar-refractivity contribution >= 4 is 0 Å². The van der Waals surface area contributed by atoms with Crippen LogP contribution in [0.15, 0.2) is 5.29 Å². The molecule has 0 amide bonds. The van der Waals surface area contributed by atoms with Crippen LogP contribution in [-0.2, 0) is 0 Å². The zero-order chi connectivity index (χ0) is 9.40. The molecule has 12 heavy (non-hydrogen) atoms. The van der Waals surface area contributed by atoms with E-state index in [1.54, 1.807) is 0 Å². The van der Waals surface area contributed by atoms with Gasteiger partial charge in [0, 0.05) is 13.1 Å². The van der Waals surface area contributed by atoms with E-state index in [9.17, 15) is 10.1 Å². The standard InChI is InChI=1S/C6H15N4O2/c1-2-5-9(6-3-4-7)10(12)8-11/h2-7H2,1H3/q-1. The van der Waals surface area contributed by atoms with Crippen LogP contribution in [0.25, 0.3) is 0 Å². The van der Waals surface area contributed by atoms with Crippen molar-refractivity contribution in [1.82, 2.24) is 10.3 Å². The Labute approximate surface area is 71.8 Å². The second kappa shape index (κ2) is 6.96. The predicted octanol–water partition coefficient (Wildman–Crippen LogP) is 0.443. The summed E-state index contributed by atoms with van der Waals surface area (Å²) in [7, 11) is 0. The summed E-state index contributed by atoms with van der Waals surface area (Å²) in [6.07, 6.45) is 1.49. The van der Waals surface area contributed by atoms with Crippen LogP contribution < -0.4 is 5.73 Å². The van der Waals surface area contributed by atoms with Crippen LogP contribution in [0.2, 0.25) is 0 Å². The first kappa shape index (κ1) is 11.3. The van der Waals surface area contributed by atoms with Crippen molar-refractivity contribution in [1.29, 1.82) is 0 Å². The third-order valence-corrected chi connectivity index (χ3v) is 1.41. The maximum Gasteiger partial charge on any atom is 0.0579 e. The van der Waals surface area contributed by atoms with Gasteiger partial charge in [-0.05, 0) is 19.4 Å². The highest BCUT2D eigenvalue weighted by atomic mass is 16.6. The molecule has 6 nitrogen and oxygen atoms in total. The van der Waals surface area contributed by atoms with Crippen molar-refractivity contribution in [2.75, 3.05) is 19.6 Å². The van der Waals surface area contributed by atoms with Gasteiger partial charge >= 0.3 is 0 Å². The lowest BCUT2D eigenvalue weighted by molar-refractivity contribution is 0.0216. The van der Waals surface area contributed by atoms with Gasteiger partial charge in [0.2, 0.25) is 0 Å². The molecular weight excluding hydrogens is 160 g/mol. The van der Waals surface area contributed by atoms with E-state index in [0.717, 1.165) is 6.42 Å². The normalized spacial score (nSPS) is 10.3. The number of nitrogens with two attached hydrogens (primary N) is 1. The lowest BCUT2D eigenvalue weighted by Gasteiger charge is -2.33. The van der Waals surface area contributed by atoms with Crippen LogP contribution in [0.4, 0.5) is 0 Å². The number of nitroso groups, excluding NO2 is 1. The van der Waals surface area contributed by atoms with Crippen molar-refractivity contribution in [3.63, 3.8) is 0 Å². The molecule has 0 radical (unpaired) electrons. The van der Waals surface area contributed by atoms with E-state index in [-0.39, 0.29) is 5.28 Å². The van der Waals surface area contributed by atoms with Crippen molar-refractivity contribution < 1.29 is 0 Å². The molecule has 0 aliphatic carbocycles.